The maximum absolute atomic E-state index is 10.0. The van der Waals surface area contributed by atoms with Crippen LogP contribution in [0.1, 0.15) is 32.4 Å². The topological polar surface area (TPSA) is 41.9 Å². The number of aliphatic hydroxyl groups excluding tert-OH is 1. The molecule has 1 aromatic carbocycles. The van der Waals surface area contributed by atoms with E-state index < -0.39 is 6.10 Å². The van der Waals surface area contributed by atoms with Gasteiger partial charge in [-0.05, 0) is 33.4 Å². The second kappa shape index (κ2) is 9.90. The minimum Gasteiger partial charge on any atom is -0.389 e. The largest absolute Gasteiger partial charge is 0.389 e. The van der Waals surface area contributed by atoms with Crippen LogP contribution in [0.2, 0.25) is 0 Å². The zero-order valence-corrected chi connectivity index (χ0v) is 13.7. The summed E-state index contributed by atoms with van der Waals surface area (Å²) >= 11 is 0. The molecule has 0 unspecified atom stereocenters. The van der Waals surface area contributed by atoms with Gasteiger partial charge in [0.1, 0.15) is 0 Å². The van der Waals surface area contributed by atoms with Gasteiger partial charge in [-0.25, -0.2) is 0 Å². The van der Waals surface area contributed by atoms with Gasteiger partial charge in [-0.3, -0.25) is 4.90 Å². The van der Waals surface area contributed by atoms with Crippen LogP contribution in [0.15, 0.2) is 30.3 Å². The zero-order valence-electron chi connectivity index (χ0n) is 13.7. The first-order valence-corrected chi connectivity index (χ1v) is 7.63. The first kappa shape index (κ1) is 18.1. The van der Waals surface area contributed by atoms with Gasteiger partial charge < -0.3 is 14.6 Å². The lowest BCUT2D eigenvalue weighted by atomic mass is 10.1. The number of rotatable bonds is 10. The van der Waals surface area contributed by atoms with Gasteiger partial charge in [-0.2, -0.15) is 0 Å². The van der Waals surface area contributed by atoms with Crippen molar-refractivity contribution in [1.29, 1.82) is 0 Å². The van der Waals surface area contributed by atoms with Crippen LogP contribution < -0.4 is 0 Å². The molecule has 0 heterocycles. The molecule has 0 aromatic heterocycles. The van der Waals surface area contributed by atoms with Crippen LogP contribution >= 0.6 is 0 Å². The van der Waals surface area contributed by atoms with Crippen LogP contribution in [0.5, 0.6) is 0 Å². The lowest BCUT2D eigenvalue weighted by molar-refractivity contribution is -0.0193. The summed E-state index contributed by atoms with van der Waals surface area (Å²) in [4.78, 5) is 2.13. The molecule has 0 saturated heterocycles. The molecule has 21 heavy (non-hydrogen) atoms. The fourth-order valence-corrected chi connectivity index (χ4v) is 2.09. The van der Waals surface area contributed by atoms with Crippen molar-refractivity contribution in [1.82, 2.24) is 4.90 Å². The van der Waals surface area contributed by atoms with E-state index in [0.29, 0.717) is 26.4 Å². The molecule has 0 aliphatic heterocycles. The van der Waals surface area contributed by atoms with Crippen molar-refractivity contribution in [3.05, 3.63) is 35.9 Å². The molecular formula is C17H29NO3. The smallest absolute Gasteiger partial charge is 0.0900 e. The Morgan fingerprint density at radius 1 is 1.10 bits per heavy atom. The van der Waals surface area contributed by atoms with Crippen LogP contribution in [0.3, 0.4) is 0 Å². The normalized spacial score (nSPS) is 14.6. The molecule has 0 aliphatic carbocycles. The van der Waals surface area contributed by atoms with Crippen LogP contribution in [0.25, 0.3) is 0 Å². The van der Waals surface area contributed by atoms with E-state index in [2.05, 4.69) is 24.0 Å². The average Bonchev–Trinajstić information content (AvgIpc) is 2.46. The van der Waals surface area contributed by atoms with Gasteiger partial charge in [0, 0.05) is 12.6 Å². The van der Waals surface area contributed by atoms with E-state index in [1.165, 1.54) is 5.56 Å². The van der Waals surface area contributed by atoms with Gasteiger partial charge in [0.15, 0.2) is 0 Å². The zero-order chi connectivity index (χ0) is 15.7. The van der Waals surface area contributed by atoms with E-state index in [9.17, 15) is 5.11 Å². The molecule has 0 radical (unpaired) electrons. The number of benzene rings is 1. The van der Waals surface area contributed by atoms with Gasteiger partial charge in [-0.1, -0.05) is 30.3 Å². The molecule has 4 nitrogen and oxygen atoms in total. The Bertz CT molecular complexity index is 370. The van der Waals surface area contributed by atoms with Crippen LogP contribution in [-0.2, 0) is 9.47 Å². The minimum atomic E-state index is -0.486. The molecule has 1 N–H and O–H groups in total. The Labute approximate surface area is 128 Å². The van der Waals surface area contributed by atoms with Crippen molar-refractivity contribution in [2.45, 2.75) is 39.0 Å². The average molecular weight is 295 g/mol. The van der Waals surface area contributed by atoms with Crippen molar-refractivity contribution in [2.24, 2.45) is 0 Å². The fraction of sp³-hybridized carbons (Fsp3) is 0.647. The van der Waals surface area contributed by atoms with E-state index in [-0.39, 0.29) is 12.1 Å². The van der Waals surface area contributed by atoms with Gasteiger partial charge in [0.05, 0.1) is 32.0 Å². The third-order valence-electron chi connectivity index (χ3n) is 3.43. The summed E-state index contributed by atoms with van der Waals surface area (Å²) < 4.78 is 10.8. The molecule has 0 amide bonds. The molecule has 0 bridgehead atoms. The molecule has 0 fully saturated rings. The van der Waals surface area contributed by atoms with Gasteiger partial charge in [0.2, 0.25) is 0 Å². The van der Waals surface area contributed by atoms with Crippen molar-refractivity contribution >= 4 is 0 Å². The Kier molecular flexibility index (Phi) is 8.54. The van der Waals surface area contributed by atoms with Crippen molar-refractivity contribution in [2.75, 3.05) is 33.4 Å². The standard InChI is InChI=1S/C17H29NO3/c1-14(2)21-11-10-20-13-17(19)12-18(4)15(3)16-8-6-5-7-9-16/h5-9,14-15,17,19H,10-13H2,1-4H3/t15-,17-/m1/s1. The highest BCUT2D eigenvalue weighted by molar-refractivity contribution is 5.18. The Balaban J connectivity index is 2.22. The van der Waals surface area contributed by atoms with Crippen LogP contribution in [-0.4, -0.2) is 55.6 Å². The highest BCUT2D eigenvalue weighted by atomic mass is 16.5. The predicted molar refractivity (Wildman–Crippen MR) is 85.4 cm³/mol. The fourth-order valence-electron chi connectivity index (χ4n) is 2.09. The van der Waals surface area contributed by atoms with Crippen LogP contribution in [0, 0.1) is 0 Å². The summed E-state index contributed by atoms with van der Waals surface area (Å²) in [5.74, 6) is 0. The van der Waals surface area contributed by atoms with Gasteiger partial charge in [0.25, 0.3) is 0 Å². The Hall–Kier alpha value is -0.940. The molecule has 1 rings (SSSR count). The summed E-state index contributed by atoms with van der Waals surface area (Å²) in [7, 11) is 2.02. The molecule has 0 spiro atoms. The first-order valence-electron chi connectivity index (χ1n) is 7.63. The highest BCUT2D eigenvalue weighted by Gasteiger charge is 2.15. The lowest BCUT2D eigenvalue weighted by Crippen LogP contribution is -2.34. The lowest BCUT2D eigenvalue weighted by Gasteiger charge is -2.27. The third kappa shape index (κ3) is 7.58. The van der Waals surface area contributed by atoms with E-state index in [4.69, 9.17) is 9.47 Å². The van der Waals surface area contributed by atoms with Crippen LogP contribution in [0.4, 0.5) is 0 Å². The van der Waals surface area contributed by atoms with Crippen molar-refractivity contribution in [3.63, 3.8) is 0 Å². The molecule has 2 atom stereocenters. The molecule has 120 valence electrons. The SMILES string of the molecule is CC(C)OCCOC[C@H](O)CN(C)[C@H](C)c1ccccc1. The van der Waals surface area contributed by atoms with E-state index in [1.54, 1.807) is 0 Å². The molecule has 4 heteroatoms. The summed E-state index contributed by atoms with van der Waals surface area (Å²) in [6.07, 6.45) is -0.267. The number of nitrogens with zero attached hydrogens (tertiary/aromatic N) is 1. The van der Waals surface area contributed by atoms with Crippen molar-refractivity contribution in [3.8, 4) is 0 Å². The maximum atomic E-state index is 10.0. The van der Waals surface area contributed by atoms with E-state index in [1.807, 2.05) is 39.1 Å². The minimum absolute atomic E-state index is 0.219. The second-order valence-electron chi connectivity index (χ2n) is 5.67. The van der Waals surface area contributed by atoms with Gasteiger partial charge >= 0.3 is 0 Å². The monoisotopic (exact) mass is 295 g/mol. The Morgan fingerprint density at radius 2 is 1.76 bits per heavy atom. The number of hydrogen-bond acceptors (Lipinski definition) is 4. The third-order valence-corrected chi connectivity index (χ3v) is 3.43. The summed E-state index contributed by atoms with van der Waals surface area (Å²) in [6, 6.07) is 10.6. The molecule has 0 saturated carbocycles. The molecule has 0 aliphatic rings. The quantitative estimate of drug-likeness (QED) is 0.673. The number of likely N-dealkylation sites (N-methyl/N-ethyl adjacent to an activating group) is 1. The maximum Gasteiger partial charge on any atom is 0.0900 e. The van der Waals surface area contributed by atoms with Gasteiger partial charge in [-0.15, -0.1) is 0 Å². The highest BCUT2D eigenvalue weighted by Crippen LogP contribution is 2.18. The Morgan fingerprint density at radius 3 is 2.38 bits per heavy atom. The van der Waals surface area contributed by atoms with E-state index >= 15 is 0 Å². The molecule has 1 aromatic rings. The predicted octanol–water partition coefficient (Wildman–Crippen LogP) is 2.48. The first-order chi connectivity index (χ1) is 10.0. The molecular weight excluding hydrogens is 266 g/mol. The second-order valence-corrected chi connectivity index (χ2v) is 5.67. The van der Waals surface area contributed by atoms with Crippen molar-refractivity contribution < 1.29 is 14.6 Å². The summed E-state index contributed by atoms with van der Waals surface area (Å²) in [5, 5.41) is 10.0. The summed E-state index contributed by atoms with van der Waals surface area (Å²) in [5.41, 5.74) is 1.25. The number of hydrogen-bond donors (Lipinski definition) is 1. The summed E-state index contributed by atoms with van der Waals surface area (Å²) in [6.45, 7) is 8.14. The number of ether oxygens (including phenoxy) is 2. The van der Waals surface area contributed by atoms with E-state index in [0.717, 1.165) is 0 Å². The number of aliphatic hydroxyl groups is 1.